The third-order valence-electron chi connectivity index (χ3n) is 4.45. The van der Waals surface area contributed by atoms with Crippen LogP contribution in [0.4, 0.5) is 5.69 Å². The van der Waals surface area contributed by atoms with E-state index in [1.807, 2.05) is 12.1 Å². The molecule has 3 aromatic carbocycles. The maximum absolute atomic E-state index is 11.6. The monoisotopic (exact) mass is 387 g/mol. The van der Waals surface area contributed by atoms with E-state index in [9.17, 15) is 13.0 Å². The van der Waals surface area contributed by atoms with E-state index in [-0.39, 0.29) is 4.90 Å². The molecule has 7 heteroatoms. The van der Waals surface area contributed by atoms with Crippen molar-refractivity contribution in [3.63, 3.8) is 0 Å². The number of anilines is 1. The van der Waals surface area contributed by atoms with Crippen LogP contribution in [0, 0.1) is 6.92 Å². The van der Waals surface area contributed by atoms with Gasteiger partial charge in [0.2, 0.25) is 0 Å². The zero-order valence-corrected chi connectivity index (χ0v) is 15.2. The van der Waals surface area contributed by atoms with Crippen LogP contribution in [0.3, 0.4) is 0 Å². The van der Waals surface area contributed by atoms with Gasteiger partial charge in [0.1, 0.15) is 11.2 Å². The number of halogens is 1. The Morgan fingerprint density at radius 2 is 1.65 bits per heavy atom. The van der Waals surface area contributed by atoms with Gasteiger partial charge in [-0.2, -0.15) is 8.42 Å². The van der Waals surface area contributed by atoms with E-state index in [4.69, 9.17) is 21.8 Å². The van der Waals surface area contributed by atoms with Crippen molar-refractivity contribution < 1.29 is 17.4 Å². The molecule has 3 N–H and O–H groups in total. The molecule has 0 saturated carbocycles. The lowest BCUT2D eigenvalue weighted by atomic mass is 9.97. The first-order valence-corrected chi connectivity index (χ1v) is 9.56. The number of fused-ring (bicyclic) bond motifs is 3. The van der Waals surface area contributed by atoms with Gasteiger partial charge in [-0.1, -0.05) is 17.7 Å². The summed E-state index contributed by atoms with van der Waals surface area (Å²) in [7, 11) is -4.34. The third kappa shape index (κ3) is 2.63. The molecule has 0 fully saturated rings. The Hall–Kier alpha value is -2.54. The van der Waals surface area contributed by atoms with Gasteiger partial charge in [-0.3, -0.25) is 4.55 Å². The molecular weight excluding hydrogens is 374 g/mol. The molecule has 0 radical (unpaired) electrons. The van der Waals surface area contributed by atoms with E-state index >= 15 is 0 Å². The predicted molar refractivity (Wildman–Crippen MR) is 103 cm³/mol. The fraction of sp³-hybridized carbons (Fsp3) is 0.0526. The predicted octanol–water partition coefficient (Wildman–Crippen LogP) is 5.04. The highest BCUT2D eigenvalue weighted by Crippen LogP contribution is 2.38. The van der Waals surface area contributed by atoms with Crippen LogP contribution >= 0.6 is 11.6 Å². The quantitative estimate of drug-likeness (QED) is 0.371. The van der Waals surface area contributed by atoms with Crippen LogP contribution in [0.5, 0.6) is 0 Å². The second kappa shape index (κ2) is 5.74. The van der Waals surface area contributed by atoms with E-state index in [0.717, 1.165) is 16.3 Å². The molecule has 1 aromatic heterocycles. The molecule has 0 aliphatic rings. The van der Waals surface area contributed by atoms with Crippen molar-refractivity contribution in [3.8, 4) is 11.1 Å². The van der Waals surface area contributed by atoms with E-state index in [2.05, 4.69) is 0 Å². The topological polar surface area (TPSA) is 93.5 Å². The van der Waals surface area contributed by atoms with E-state index < -0.39 is 10.1 Å². The van der Waals surface area contributed by atoms with Gasteiger partial charge >= 0.3 is 0 Å². The zero-order valence-electron chi connectivity index (χ0n) is 13.7. The van der Waals surface area contributed by atoms with Crippen LogP contribution in [0.2, 0.25) is 5.02 Å². The summed E-state index contributed by atoms with van der Waals surface area (Å²) in [5, 5.41) is 2.29. The molecule has 0 unspecified atom stereocenters. The van der Waals surface area contributed by atoms with E-state index in [1.54, 1.807) is 31.2 Å². The highest BCUT2D eigenvalue weighted by atomic mass is 35.5. The van der Waals surface area contributed by atoms with Crippen molar-refractivity contribution >= 4 is 49.3 Å². The zero-order chi connectivity index (χ0) is 18.6. The molecule has 4 aromatic rings. The summed E-state index contributed by atoms with van der Waals surface area (Å²) in [5.41, 5.74) is 9.58. The number of nitrogen functional groups attached to an aromatic ring is 1. The lowest BCUT2D eigenvalue weighted by molar-refractivity contribution is 0.482. The molecule has 132 valence electrons. The van der Waals surface area contributed by atoms with Crippen molar-refractivity contribution in [1.29, 1.82) is 0 Å². The molecule has 0 spiro atoms. The van der Waals surface area contributed by atoms with Gasteiger partial charge in [0.05, 0.1) is 4.90 Å². The first kappa shape index (κ1) is 16.9. The van der Waals surface area contributed by atoms with Crippen LogP contribution in [-0.2, 0) is 10.1 Å². The maximum atomic E-state index is 11.6. The van der Waals surface area contributed by atoms with Crippen molar-refractivity contribution in [2.24, 2.45) is 0 Å². The second-order valence-electron chi connectivity index (χ2n) is 6.08. The van der Waals surface area contributed by atoms with Gasteiger partial charge in [0.25, 0.3) is 10.1 Å². The first-order chi connectivity index (χ1) is 12.3. The Labute approximate surface area is 154 Å². The highest BCUT2D eigenvalue weighted by Gasteiger charge is 2.19. The Balaban J connectivity index is 2.03. The molecule has 4 rings (SSSR count). The Kier molecular flexibility index (Phi) is 3.73. The highest BCUT2D eigenvalue weighted by molar-refractivity contribution is 7.85. The average molecular weight is 388 g/mol. The molecule has 0 bridgehead atoms. The minimum absolute atomic E-state index is 0.165. The molecule has 5 nitrogen and oxygen atoms in total. The summed E-state index contributed by atoms with van der Waals surface area (Å²) in [5.74, 6) is 0. The van der Waals surface area contributed by atoms with Crippen molar-refractivity contribution in [2.75, 3.05) is 5.73 Å². The molecule has 0 atom stereocenters. The Morgan fingerprint density at radius 1 is 1.00 bits per heavy atom. The van der Waals surface area contributed by atoms with Crippen LogP contribution in [0.25, 0.3) is 33.1 Å². The molecular formula is C19H14ClNO4S. The summed E-state index contributed by atoms with van der Waals surface area (Å²) in [4.78, 5) is -0.165. The van der Waals surface area contributed by atoms with Gasteiger partial charge in [-0.25, -0.2) is 0 Å². The SMILES string of the molecule is Cc1c(S(=O)(=O)O)ccc(N)c1-c1ccc2oc3ccc(Cl)cc3c2c1. The van der Waals surface area contributed by atoms with Crippen LogP contribution in [0.15, 0.2) is 57.8 Å². The first-order valence-electron chi connectivity index (χ1n) is 7.74. The number of hydrogen-bond acceptors (Lipinski definition) is 4. The summed E-state index contributed by atoms with van der Waals surface area (Å²) in [6.45, 7) is 1.61. The van der Waals surface area contributed by atoms with Gasteiger partial charge in [0.15, 0.2) is 0 Å². The molecule has 0 saturated heterocycles. The summed E-state index contributed by atoms with van der Waals surface area (Å²) < 4.78 is 38.5. The van der Waals surface area contributed by atoms with Crippen molar-refractivity contribution in [2.45, 2.75) is 11.8 Å². The number of nitrogens with two attached hydrogens (primary N) is 1. The van der Waals surface area contributed by atoms with E-state index in [0.29, 0.717) is 33.0 Å². The molecule has 0 amide bonds. The number of benzene rings is 3. The van der Waals surface area contributed by atoms with Gasteiger partial charge in [-0.15, -0.1) is 0 Å². The fourth-order valence-electron chi connectivity index (χ4n) is 3.28. The van der Waals surface area contributed by atoms with E-state index in [1.165, 1.54) is 12.1 Å². The fourth-order valence-corrected chi connectivity index (χ4v) is 4.18. The van der Waals surface area contributed by atoms with Crippen molar-refractivity contribution in [1.82, 2.24) is 0 Å². The lowest BCUT2D eigenvalue weighted by Crippen LogP contribution is -2.04. The Bertz CT molecular complexity index is 1290. The summed E-state index contributed by atoms with van der Waals surface area (Å²) in [6.07, 6.45) is 0. The summed E-state index contributed by atoms with van der Waals surface area (Å²) in [6, 6.07) is 13.6. The minimum Gasteiger partial charge on any atom is -0.456 e. The molecule has 0 aliphatic carbocycles. The Morgan fingerprint density at radius 3 is 2.35 bits per heavy atom. The molecule has 26 heavy (non-hydrogen) atoms. The van der Waals surface area contributed by atoms with Crippen LogP contribution in [0.1, 0.15) is 5.56 Å². The van der Waals surface area contributed by atoms with Crippen LogP contribution < -0.4 is 5.73 Å². The lowest BCUT2D eigenvalue weighted by Gasteiger charge is -2.13. The average Bonchev–Trinajstić information content (AvgIpc) is 2.91. The van der Waals surface area contributed by atoms with Gasteiger partial charge in [0, 0.05) is 27.0 Å². The van der Waals surface area contributed by atoms with Crippen LogP contribution in [-0.4, -0.2) is 13.0 Å². The number of furan rings is 1. The summed E-state index contributed by atoms with van der Waals surface area (Å²) >= 11 is 6.10. The van der Waals surface area contributed by atoms with Gasteiger partial charge < -0.3 is 10.2 Å². The smallest absolute Gasteiger partial charge is 0.294 e. The third-order valence-corrected chi connectivity index (χ3v) is 5.68. The number of rotatable bonds is 2. The molecule has 0 aliphatic heterocycles. The molecule has 1 heterocycles. The maximum Gasteiger partial charge on any atom is 0.294 e. The normalized spacial score (nSPS) is 12.1. The second-order valence-corrected chi connectivity index (χ2v) is 7.91. The van der Waals surface area contributed by atoms with Crippen molar-refractivity contribution in [3.05, 3.63) is 59.1 Å². The van der Waals surface area contributed by atoms with Gasteiger partial charge in [-0.05, 0) is 60.5 Å². The minimum atomic E-state index is -4.34. The largest absolute Gasteiger partial charge is 0.456 e. The standard InChI is InChI=1S/C19H14ClNO4S/c1-10-18(26(22,23)24)7-4-15(21)19(10)11-2-5-16-13(8-11)14-9-12(20)3-6-17(14)25-16/h2-9H,21H2,1H3,(H,22,23,24). The number of hydrogen-bond donors (Lipinski definition) is 2.